The van der Waals surface area contributed by atoms with Crippen molar-refractivity contribution in [1.29, 1.82) is 0 Å². The zero-order valence-corrected chi connectivity index (χ0v) is 13.9. The van der Waals surface area contributed by atoms with Crippen LogP contribution in [0.2, 0.25) is 0 Å². The number of carbonyl (C=O) groups excluding carboxylic acids is 2. The second kappa shape index (κ2) is 6.52. The van der Waals surface area contributed by atoms with Gasteiger partial charge in [-0.25, -0.2) is 0 Å². The molecule has 4 nitrogen and oxygen atoms in total. The minimum Gasteiger partial charge on any atom is -0.347 e. The van der Waals surface area contributed by atoms with Gasteiger partial charge in [-0.2, -0.15) is 0 Å². The molecule has 5 heteroatoms. The first-order chi connectivity index (χ1) is 9.95. The quantitative estimate of drug-likeness (QED) is 0.805. The van der Waals surface area contributed by atoms with Crippen molar-refractivity contribution in [2.24, 2.45) is 0 Å². The highest BCUT2D eigenvalue weighted by atomic mass is 32.2. The Balaban J connectivity index is 2.29. The number of carbonyl (C=O) groups is 2. The fraction of sp³-hybridized carbons (Fsp3) is 0.500. The minimum atomic E-state index is -0.316. The van der Waals surface area contributed by atoms with E-state index in [1.165, 1.54) is 0 Å². The average molecular weight is 306 g/mol. The van der Waals surface area contributed by atoms with E-state index in [0.717, 1.165) is 23.3 Å². The molecule has 1 saturated heterocycles. The van der Waals surface area contributed by atoms with Gasteiger partial charge in [0.25, 0.3) is 5.91 Å². The number of thioether (sulfide) groups is 1. The van der Waals surface area contributed by atoms with Gasteiger partial charge in [-0.1, -0.05) is 6.07 Å². The molecule has 1 aromatic carbocycles. The van der Waals surface area contributed by atoms with Gasteiger partial charge in [-0.3, -0.25) is 9.59 Å². The molecular formula is C16H22N2O2S. The molecule has 0 radical (unpaired) electrons. The number of hydrogen-bond acceptors (Lipinski definition) is 3. The first-order valence-electron chi connectivity index (χ1n) is 7.12. The van der Waals surface area contributed by atoms with Crippen molar-refractivity contribution in [3.05, 3.63) is 29.3 Å². The predicted octanol–water partition coefficient (Wildman–Crippen LogP) is 2.41. The van der Waals surface area contributed by atoms with Crippen LogP contribution in [-0.4, -0.2) is 54.6 Å². The number of benzene rings is 1. The van der Waals surface area contributed by atoms with Crippen LogP contribution in [0.3, 0.4) is 0 Å². The Morgan fingerprint density at radius 3 is 2.67 bits per heavy atom. The van der Waals surface area contributed by atoms with Crippen molar-refractivity contribution in [3.8, 4) is 0 Å². The van der Waals surface area contributed by atoms with E-state index in [-0.39, 0.29) is 17.9 Å². The summed E-state index contributed by atoms with van der Waals surface area (Å²) in [5.74, 6) is -0.0179. The molecule has 21 heavy (non-hydrogen) atoms. The van der Waals surface area contributed by atoms with Gasteiger partial charge >= 0.3 is 0 Å². The molecule has 2 rings (SSSR count). The summed E-state index contributed by atoms with van der Waals surface area (Å²) in [6.45, 7) is 2.67. The maximum Gasteiger partial charge on any atom is 0.255 e. The van der Waals surface area contributed by atoms with Crippen LogP contribution >= 0.6 is 11.8 Å². The number of aryl methyl sites for hydroxylation is 1. The van der Waals surface area contributed by atoms with Crippen LogP contribution in [0, 0.1) is 6.92 Å². The van der Waals surface area contributed by atoms with E-state index in [1.54, 1.807) is 35.7 Å². The predicted molar refractivity (Wildman–Crippen MR) is 85.7 cm³/mol. The standard InChI is InChI=1S/C16H22N2O2S/c1-11-7-8-12(14(10-11)21-4)15(19)18-9-5-6-13(18)16(20)17(2)3/h7-8,10,13H,5-6,9H2,1-4H3/t13-/m1/s1. The Bertz CT molecular complexity index is 557. The summed E-state index contributed by atoms with van der Waals surface area (Å²) in [6, 6.07) is 5.53. The van der Waals surface area contributed by atoms with Crippen LogP contribution in [0.15, 0.2) is 23.1 Å². The summed E-state index contributed by atoms with van der Waals surface area (Å²) in [5, 5.41) is 0. The van der Waals surface area contributed by atoms with Gasteiger partial charge in [0, 0.05) is 25.5 Å². The molecule has 1 heterocycles. The zero-order chi connectivity index (χ0) is 15.6. The van der Waals surface area contributed by atoms with E-state index in [9.17, 15) is 9.59 Å². The van der Waals surface area contributed by atoms with Gasteiger partial charge in [0.15, 0.2) is 0 Å². The molecule has 0 unspecified atom stereocenters. The molecule has 0 aromatic heterocycles. The van der Waals surface area contributed by atoms with Gasteiger partial charge in [0.05, 0.1) is 5.56 Å². The van der Waals surface area contributed by atoms with Crippen molar-refractivity contribution in [3.63, 3.8) is 0 Å². The van der Waals surface area contributed by atoms with Gasteiger partial charge < -0.3 is 9.80 Å². The van der Waals surface area contributed by atoms with E-state index in [2.05, 4.69) is 0 Å². The van der Waals surface area contributed by atoms with Crippen LogP contribution in [0.4, 0.5) is 0 Å². The van der Waals surface area contributed by atoms with Crippen molar-refractivity contribution in [2.45, 2.75) is 30.7 Å². The van der Waals surface area contributed by atoms with Gasteiger partial charge in [-0.05, 0) is 43.7 Å². The van der Waals surface area contributed by atoms with Crippen LogP contribution in [-0.2, 0) is 4.79 Å². The molecule has 0 spiro atoms. The maximum absolute atomic E-state index is 12.8. The normalized spacial score (nSPS) is 17.9. The van der Waals surface area contributed by atoms with Crippen molar-refractivity contribution < 1.29 is 9.59 Å². The first-order valence-corrected chi connectivity index (χ1v) is 8.35. The first kappa shape index (κ1) is 15.9. The highest BCUT2D eigenvalue weighted by Gasteiger charge is 2.35. The molecule has 0 bridgehead atoms. The second-order valence-corrected chi connectivity index (χ2v) is 6.44. The summed E-state index contributed by atoms with van der Waals surface area (Å²) in [5.41, 5.74) is 1.84. The third-order valence-corrected chi connectivity index (χ3v) is 4.60. The molecule has 1 atom stereocenters. The number of likely N-dealkylation sites (tertiary alicyclic amines) is 1. The van der Waals surface area contributed by atoms with Crippen LogP contribution in [0.1, 0.15) is 28.8 Å². The van der Waals surface area contributed by atoms with Gasteiger partial charge in [0.2, 0.25) is 5.91 Å². The van der Waals surface area contributed by atoms with Crippen molar-refractivity contribution in [2.75, 3.05) is 26.9 Å². The summed E-state index contributed by atoms with van der Waals surface area (Å²) < 4.78 is 0. The molecule has 1 aliphatic rings. The lowest BCUT2D eigenvalue weighted by atomic mass is 10.1. The van der Waals surface area contributed by atoms with Crippen molar-refractivity contribution >= 4 is 23.6 Å². The smallest absolute Gasteiger partial charge is 0.255 e. The third-order valence-electron chi connectivity index (χ3n) is 3.83. The summed E-state index contributed by atoms with van der Waals surface area (Å²) in [6.07, 6.45) is 3.61. The monoisotopic (exact) mass is 306 g/mol. The van der Waals surface area contributed by atoms with Gasteiger partial charge in [0.1, 0.15) is 6.04 Å². The lowest BCUT2D eigenvalue weighted by Crippen LogP contribution is -2.45. The van der Waals surface area contributed by atoms with E-state index < -0.39 is 0 Å². The minimum absolute atomic E-state index is 0.0127. The van der Waals surface area contributed by atoms with E-state index in [4.69, 9.17) is 0 Å². The van der Waals surface area contributed by atoms with Crippen LogP contribution < -0.4 is 0 Å². The molecule has 0 aliphatic carbocycles. The fourth-order valence-electron chi connectivity index (χ4n) is 2.69. The Morgan fingerprint density at radius 1 is 1.33 bits per heavy atom. The average Bonchev–Trinajstić information content (AvgIpc) is 2.94. The number of hydrogen-bond donors (Lipinski definition) is 0. The van der Waals surface area contributed by atoms with E-state index >= 15 is 0 Å². The SMILES string of the molecule is CSc1cc(C)ccc1C(=O)N1CCC[C@@H]1C(=O)N(C)C. The molecule has 1 fully saturated rings. The molecule has 114 valence electrons. The van der Waals surface area contributed by atoms with Gasteiger partial charge in [-0.15, -0.1) is 11.8 Å². The molecule has 2 amide bonds. The lowest BCUT2D eigenvalue weighted by molar-refractivity contribution is -0.132. The summed E-state index contributed by atoms with van der Waals surface area (Å²) >= 11 is 1.57. The number of nitrogens with zero attached hydrogens (tertiary/aromatic N) is 2. The Hall–Kier alpha value is -1.49. The number of amides is 2. The molecule has 1 aliphatic heterocycles. The zero-order valence-electron chi connectivity index (χ0n) is 13.0. The maximum atomic E-state index is 12.8. The molecular weight excluding hydrogens is 284 g/mol. The van der Waals surface area contributed by atoms with E-state index in [1.807, 2.05) is 31.4 Å². The lowest BCUT2D eigenvalue weighted by Gasteiger charge is -2.27. The van der Waals surface area contributed by atoms with Crippen LogP contribution in [0.25, 0.3) is 0 Å². The molecule has 0 N–H and O–H groups in total. The second-order valence-electron chi connectivity index (χ2n) is 5.59. The van der Waals surface area contributed by atoms with E-state index in [0.29, 0.717) is 12.1 Å². The molecule has 0 saturated carbocycles. The highest BCUT2D eigenvalue weighted by molar-refractivity contribution is 7.98. The number of likely N-dealkylation sites (N-methyl/N-ethyl adjacent to an activating group) is 1. The summed E-state index contributed by atoms with van der Waals surface area (Å²) in [7, 11) is 3.48. The third kappa shape index (κ3) is 3.23. The Labute approximate surface area is 130 Å². The topological polar surface area (TPSA) is 40.6 Å². The van der Waals surface area contributed by atoms with Crippen LogP contribution in [0.5, 0.6) is 0 Å². The fourth-order valence-corrected chi connectivity index (χ4v) is 3.37. The largest absolute Gasteiger partial charge is 0.347 e. The Morgan fingerprint density at radius 2 is 2.05 bits per heavy atom. The number of rotatable bonds is 3. The highest BCUT2D eigenvalue weighted by Crippen LogP contribution is 2.27. The van der Waals surface area contributed by atoms with Crippen molar-refractivity contribution in [1.82, 2.24) is 9.80 Å². The molecule has 1 aromatic rings. The summed E-state index contributed by atoms with van der Waals surface area (Å²) in [4.78, 5) is 29.3. The Kier molecular flexibility index (Phi) is 4.93.